The van der Waals surface area contributed by atoms with E-state index in [4.69, 9.17) is 14.2 Å². The first-order valence-electron chi connectivity index (χ1n) is 9.14. The molecule has 0 aliphatic carbocycles. The summed E-state index contributed by atoms with van der Waals surface area (Å²) in [6.45, 7) is 6.45. The Balaban J connectivity index is 2.79. The van der Waals surface area contributed by atoms with Gasteiger partial charge in [-0.2, -0.15) is 0 Å². The van der Waals surface area contributed by atoms with E-state index in [2.05, 4.69) is 13.5 Å². The first-order valence-corrected chi connectivity index (χ1v) is 9.14. The Labute approximate surface area is 154 Å². The van der Waals surface area contributed by atoms with Crippen molar-refractivity contribution in [3.63, 3.8) is 0 Å². The van der Waals surface area contributed by atoms with Gasteiger partial charge in [0.2, 0.25) is 0 Å². The fraction of sp³-hybridized carbons (Fsp3) is 0.833. The van der Waals surface area contributed by atoms with Gasteiger partial charge in [0.25, 0.3) is 0 Å². The Morgan fingerprint density at radius 3 is 2.31 bits per heavy atom. The van der Waals surface area contributed by atoms with Gasteiger partial charge in [0.15, 0.2) is 6.10 Å². The third kappa shape index (κ3) is 6.00. The first-order chi connectivity index (χ1) is 12.3. The van der Waals surface area contributed by atoms with Crippen LogP contribution in [-0.4, -0.2) is 70.0 Å². The average molecular weight is 376 g/mol. The van der Waals surface area contributed by atoms with Crippen LogP contribution in [0.5, 0.6) is 0 Å². The summed E-state index contributed by atoms with van der Waals surface area (Å²) in [5.41, 5.74) is 0.0458. The second-order valence-corrected chi connectivity index (χ2v) is 6.65. The molecule has 5 atom stereocenters. The smallest absolute Gasteiger partial charge is 0.360 e. The van der Waals surface area contributed by atoms with Crippen molar-refractivity contribution < 1.29 is 39.4 Å². The van der Waals surface area contributed by atoms with Crippen LogP contribution in [0.3, 0.4) is 0 Å². The number of ether oxygens (including phenoxy) is 3. The molecule has 1 fully saturated rings. The summed E-state index contributed by atoms with van der Waals surface area (Å²) in [6.07, 6.45) is -0.441. The number of carbonyl (C=O) groups excluding carboxylic acids is 1. The molecule has 0 aromatic heterocycles. The van der Waals surface area contributed by atoms with Crippen LogP contribution >= 0.6 is 0 Å². The van der Waals surface area contributed by atoms with Gasteiger partial charge in [0.1, 0.15) is 18.3 Å². The van der Waals surface area contributed by atoms with Gasteiger partial charge in [-0.25, -0.2) is 4.79 Å². The molecule has 0 radical (unpaired) electrons. The van der Waals surface area contributed by atoms with E-state index in [0.717, 1.165) is 32.1 Å². The minimum Gasteiger partial charge on any atom is -0.402 e. The molecule has 1 aliphatic rings. The zero-order valence-corrected chi connectivity index (χ0v) is 15.6. The van der Waals surface area contributed by atoms with Gasteiger partial charge in [-0.3, -0.25) is 0 Å². The number of esters is 1. The van der Waals surface area contributed by atoms with Crippen LogP contribution in [-0.2, 0) is 19.0 Å². The van der Waals surface area contributed by atoms with Crippen molar-refractivity contribution in [2.24, 2.45) is 0 Å². The molecule has 4 N–H and O–H groups in total. The largest absolute Gasteiger partial charge is 0.402 e. The van der Waals surface area contributed by atoms with E-state index in [1.165, 1.54) is 6.92 Å². The highest BCUT2D eigenvalue weighted by molar-refractivity contribution is 5.87. The number of aliphatic hydroxyl groups is 4. The summed E-state index contributed by atoms with van der Waals surface area (Å²) in [6, 6.07) is 0. The minimum atomic E-state index is -2.31. The van der Waals surface area contributed by atoms with Crippen molar-refractivity contribution >= 4 is 5.97 Å². The highest BCUT2D eigenvalue weighted by Crippen LogP contribution is 2.33. The SMILES string of the molecule is C=C(C)C(=O)O[C@@]1(OCCCCCCCC)O[C@H](CO)[C@@H](O)[C@H](O)[C@H]1O. The van der Waals surface area contributed by atoms with Crippen LogP contribution in [0.25, 0.3) is 0 Å². The van der Waals surface area contributed by atoms with Crippen molar-refractivity contribution in [1.82, 2.24) is 0 Å². The zero-order chi connectivity index (χ0) is 19.7. The van der Waals surface area contributed by atoms with Crippen LogP contribution in [0.1, 0.15) is 52.4 Å². The molecule has 0 aromatic carbocycles. The lowest BCUT2D eigenvalue weighted by atomic mass is 9.97. The molecule has 1 heterocycles. The van der Waals surface area contributed by atoms with Crippen molar-refractivity contribution in [3.05, 3.63) is 12.2 Å². The van der Waals surface area contributed by atoms with Gasteiger partial charge >= 0.3 is 11.9 Å². The lowest BCUT2D eigenvalue weighted by molar-refractivity contribution is -0.446. The maximum atomic E-state index is 12.0. The van der Waals surface area contributed by atoms with Gasteiger partial charge in [-0.1, -0.05) is 45.6 Å². The Hall–Kier alpha value is -1.03. The van der Waals surface area contributed by atoms with Crippen LogP contribution in [0.2, 0.25) is 0 Å². The Bertz CT molecular complexity index is 452. The summed E-state index contributed by atoms with van der Waals surface area (Å²) >= 11 is 0. The summed E-state index contributed by atoms with van der Waals surface area (Å²) in [5, 5.41) is 39.6. The summed E-state index contributed by atoms with van der Waals surface area (Å²) in [7, 11) is 0. The normalized spacial score (nSPS) is 31.6. The van der Waals surface area contributed by atoms with Crippen molar-refractivity contribution in [2.45, 2.75) is 82.8 Å². The molecular formula is C18H32O8. The molecule has 1 saturated heterocycles. The third-order valence-electron chi connectivity index (χ3n) is 4.30. The zero-order valence-electron chi connectivity index (χ0n) is 15.6. The summed E-state index contributed by atoms with van der Waals surface area (Å²) < 4.78 is 16.0. The van der Waals surface area contributed by atoms with E-state index >= 15 is 0 Å². The monoisotopic (exact) mass is 376 g/mol. The standard InChI is InChI=1S/C18H32O8/c1-4-5-6-7-8-9-10-24-18(26-17(23)12(2)3)16(22)15(21)14(20)13(11-19)25-18/h13-16,19-22H,2,4-11H2,1,3H3/t13-,14-,15+,16-,18+/m1/s1. The van der Waals surface area contributed by atoms with Crippen LogP contribution in [0.4, 0.5) is 0 Å². The van der Waals surface area contributed by atoms with Crippen LogP contribution in [0.15, 0.2) is 12.2 Å². The van der Waals surface area contributed by atoms with Gasteiger partial charge in [0, 0.05) is 5.57 Å². The van der Waals surface area contributed by atoms with E-state index in [0.29, 0.717) is 6.42 Å². The lowest BCUT2D eigenvalue weighted by Gasteiger charge is -2.46. The molecule has 0 saturated carbocycles. The number of aliphatic hydroxyl groups excluding tert-OH is 4. The Morgan fingerprint density at radius 2 is 1.73 bits per heavy atom. The lowest BCUT2D eigenvalue weighted by Crippen LogP contribution is -2.67. The highest BCUT2D eigenvalue weighted by Gasteiger charge is 2.57. The van der Waals surface area contributed by atoms with E-state index in [-0.39, 0.29) is 12.2 Å². The molecule has 0 bridgehead atoms. The van der Waals surface area contributed by atoms with Gasteiger partial charge in [0.05, 0.1) is 13.2 Å². The van der Waals surface area contributed by atoms with E-state index in [9.17, 15) is 25.2 Å². The Kier molecular flexibility index (Phi) is 9.70. The quantitative estimate of drug-likeness (QED) is 0.179. The van der Waals surface area contributed by atoms with Crippen LogP contribution < -0.4 is 0 Å². The van der Waals surface area contributed by atoms with Crippen molar-refractivity contribution in [2.75, 3.05) is 13.2 Å². The second kappa shape index (κ2) is 11.0. The predicted molar refractivity (Wildman–Crippen MR) is 92.9 cm³/mol. The van der Waals surface area contributed by atoms with Gasteiger partial charge < -0.3 is 34.6 Å². The first kappa shape index (κ1) is 23.0. The maximum absolute atomic E-state index is 12.0. The molecule has 1 aliphatic heterocycles. The molecule has 152 valence electrons. The predicted octanol–water partition coefficient (Wildman–Crippen LogP) is 0.610. The fourth-order valence-electron chi connectivity index (χ4n) is 2.66. The molecule has 0 unspecified atom stereocenters. The molecule has 0 spiro atoms. The molecule has 8 nitrogen and oxygen atoms in total. The molecule has 0 aromatic rings. The number of unbranched alkanes of at least 4 members (excludes halogenated alkanes) is 5. The number of hydrogen-bond acceptors (Lipinski definition) is 8. The van der Waals surface area contributed by atoms with Crippen LogP contribution in [0, 0.1) is 0 Å². The number of hydrogen-bond donors (Lipinski definition) is 4. The third-order valence-corrected chi connectivity index (χ3v) is 4.30. The van der Waals surface area contributed by atoms with E-state index < -0.39 is 43.0 Å². The van der Waals surface area contributed by atoms with Gasteiger partial charge in [-0.15, -0.1) is 0 Å². The summed E-state index contributed by atoms with van der Waals surface area (Å²) in [5.74, 6) is -3.20. The highest BCUT2D eigenvalue weighted by atomic mass is 16.9. The minimum absolute atomic E-state index is 0.0458. The second-order valence-electron chi connectivity index (χ2n) is 6.65. The fourth-order valence-corrected chi connectivity index (χ4v) is 2.66. The number of rotatable bonds is 11. The average Bonchev–Trinajstić information content (AvgIpc) is 2.62. The molecular weight excluding hydrogens is 344 g/mol. The maximum Gasteiger partial charge on any atom is 0.360 e. The molecule has 26 heavy (non-hydrogen) atoms. The van der Waals surface area contributed by atoms with E-state index in [1.807, 2.05) is 0 Å². The van der Waals surface area contributed by atoms with Crippen molar-refractivity contribution in [3.8, 4) is 0 Å². The topological polar surface area (TPSA) is 126 Å². The van der Waals surface area contributed by atoms with Gasteiger partial charge in [-0.05, 0) is 13.3 Å². The number of carbonyl (C=O) groups is 1. The summed E-state index contributed by atoms with van der Waals surface area (Å²) in [4.78, 5) is 12.0. The molecule has 0 amide bonds. The van der Waals surface area contributed by atoms with Crippen molar-refractivity contribution in [1.29, 1.82) is 0 Å². The van der Waals surface area contributed by atoms with E-state index in [1.54, 1.807) is 0 Å². The molecule has 8 heteroatoms. The Morgan fingerprint density at radius 1 is 1.12 bits per heavy atom. The molecule has 1 rings (SSSR count).